The number of benzene rings is 1. The van der Waals surface area contributed by atoms with E-state index in [4.69, 9.17) is 5.73 Å². The van der Waals surface area contributed by atoms with E-state index in [0.717, 1.165) is 29.3 Å². The highest BCUT2D eigenvalue weighted by atomic mass is 79.9. The zero-order chi connectivity index (χ0) is 15.4. The van der Waals surface area contributed by atoms with Crippen molar-refractivity contribution in [3.63, 3.8) is 0 Å². The van der Waals surface area contributed by atoms with Crippen molar-refractivity contribution in [2.24, 2.45) is 17.6 Å². The number of carbonyl (C=O) groups excluding carboxylic acids is 1. The average molecular weight is 390 g/mol. The Balaban J connectivity index is 0.00000242. The fourth-order valence-electron chi connectivity index (χ4n) is 3.20. The Hall–Kier alpha value is -0.580. The molecule has 0 radical (unpaired) electrons. The molecule has 5 heteroatoms. The van der Waals surface area contributed by atoms with Crippen LogP contribution in [-0.2, 0) is 11.3 Å². The summed E-state index contributed by atoms with van der Waals surface area (Å²) in [5.41, 5.74) is 6.99. The van der Waals surface area contributed by atoms with E-state index in [0.29, 0.717) is 19.0 Å². The van der Waals surface area contributed by atoms with Crippen molar-refractivity contribution in [3.05, 3.63) is 34.3 Å². The van der Waals surface area contributed by atoms with Gasteiger partial charge in [0.2, 0.25) is 5.91 Å². The smallest absolute Gasteiger partial charge is 0.226 e. The number of halogens is 2. The van der Waals surface area contributed by atoms with Gasteiger partial charge in [0.1, 0.15) is 0 Å². The van der Waals surface area contributed by atoms with Crippen LogP contribution in [0, 0.1) is 11.8 Å². The molecule has 0 spiro atoms. The molecule has 22 heavy (non-hydrogen) atoms. The first-order chi connectivity index (χ1) is 10.0. The van der Waals surface area contributed by atoms with Gasteiger partial charge < -0.3 is 10.6 Å². The van der Waals surface area contributed by atoms with Crippen LogP contribution in [0.3, 0.4) is 0 Å². The normalized spacial score (nSPS) is 20.8. The molecule has 2 rings (SSSR count). The average Bonchev–Trinajstić information content (AvgIpc) is 2.92. The highest BCUT2D eigenvalue weighted by molar-refractivity contribution is 9.10. The highest BCUT2D eigenvalue weighted by Crippen LogP contribution is 2.33. The van der Waals surface area contributed by atoms with Crippen molar-refractivity contribution in [2.45, 2.75) is 45.7 Å². The Morgan fingerprint density at radius 3 is 2.73 bits per heavy atom. The Morgan fingerprint density at radius 1 is 1.41 bits per heavy atom. The van der Waals surface area contributed by atoms with E-state index >= 15 is 0 Å². The number of carbonyl (C=O) groups is 1. The van der Waals surface area contributed by atoms with Crippen molar-refractivity contribution >= 4 is 34.2 Å². The molecule has 2 N–H and O–H groups in total. The van der Waals surface area contributed by atoms with Gasteiger partial charge in [-0.1, -0.05) is 34.5 Å². The molecule has 1 amide bonds. The molecule has 0 unspecified atom stereocenters. The minimum Gasteiger partial charge on any atom is -0.336 e. The maximum absolute atomic E-state index is 12.9. The zero-order valence-electron chi connectivity index (χ0n) is 13.3. The Morgan fingerprint density at radius 2 is 2.14 bits per heavy atom. The Bertz CT molecular complexity index is 495. The van der Waals surface area contributed by atoms with Crippen LogP contribution in [-0.4, -0.2) is 23.4 Å². The Labute approximate surface area is 148 Å². The standard InChI is InChI=1S/C17H25BrN2O.ClH/c1-12(2)20(11-13-5-3-7-15(18)9-13)17(21)16-8-4-6-14(16)10-19;/h3,5,7,9,12,14,16H,4,6,8,10-11,19H2,1-2H3;1H/t14-,16-;/m1./s1. The molecule has 0 aromatic heterocycles. The van der Waals surface area contributed by atoms with Gasteiger partial charge in [0.15, 0.2) is 0 Å². The van der Waals surface area contributed by atoms with E-state index in [1.54, 1.807) is 0 Å². The molecule has 0 saturated heterocycles. The number of hydrogen-bond donors (Lipinski definition) is 1. The van der Waals surface area contributed by atoms with Crippen LogP contribution in [0.25, 0.3) is 0 Å². The van der Waals surface area contributed by atoms with Crippen LogP contribution in [0.15, 0.2) is 28.7 Å². The van der Waals surface area contributed by atoms with Crippen LogP contribution in [0.4, 0.5) is 0 Å². The van der Waals surface area contributed by atoms with Crippen molar-refractivity contribution < 1.29 is 4.79 Å². The molecule has 1 aromatic carbocycles. The number of nitrogens with two attached hydrogens (primary N) is 1. The summed E-state index contributed by atoms with van der Waals surface area (Å²) < 4.78 is 1.05. The lowest BCUT2D eigenvalue weighted by molar-refractivity contribution is -0.139. The molecule has 0 bridgehead atoms. The Kier molecular flexibility index (Phi) is 7.87. The lowest BCUT2D eigenvalue weighted by Crippen LogP contribution is -2.42. The van der Waals surface area contributed by atoms with E-state index in [1.807, 2.05) is 17.0 Å². The van der Waals surface area contributed by atoms with Gasteiger partial charge in [0.25, 0.3) is 0 Å². The summed E-state index contributed by atoms with van der Waals surface area (Å²) in [4.78, 5) is 14.9. The van der Waals surface area contributed by atoms with Crippen LogP contribution in [0.2, 0.25) is 0 Å². The van der Waals surface area contributed by atoms with Crippen molar-refractivity contribution in [2.75, 3.05) is 6.54 Å². The van der Waals surface area contributed by atoms with Crippen molar-refractivity contribution in [1.82, 2.24) is 4.90 Å². The van der Waals surface area contributed by atoms with Crippen molar-refractivity contribution in [1.29, 1.82) is 0 Å². The first kappa shape index (κ1) is 19.5. The van der Waals surface area contributed by atoms with E-state index < -0.39 is 0 Å². The van der Waals surface area contributed by atoms with E-state index in [2.05, 4.69) is 41.9 Å². The lowest BCUT2D eigenvalue weighted by Gasteiger charge is -2.31. The maximum atomic E-state index is 12.9. The summed E-state index contributed by atoms with van der Waals surface area (Å²) in [7, 11) is 0. The molecule has 0 heterocycles. The third-order valence-electron chi connectivity index (χ3n) is 4.43. The monoisotopic (exact) mass is 388 g/mol. The number of hydrogen-bond acceptors (Lipinski definition) is 2. The largest absolute Gasteiger partial charge is 0.336 e. The SMILES string of the molecule is CC(C)N(Cc1cccc(Br)c1)C(=O)[C@@H]1CCC[C@@H]1CN.Cl. The second-order valence-electron chi connectivity index (χ2n) is 6.22. The van der Waals surface area contributed by atoms with Crippen LogP contribution in [0.1, 0.15) is 38.7 Å². The number of rotatable bonds is 5. The highest BCUT2D eigenvalue weighted by Gasteiger charge is 2.35. The van der Waals surface area contributed by atoms with Gasteiger partial charge in [-0.25, -0.2) is 0 Å². The summed E-state index contributed by atoms with van der Waals surface area (Å²) in [5, 5.41) is 0. The molecule has 0 aliphatic heterocycles. The first-order valence-corrected chi connectivity index (χ1v) is 8.57. The summed E-state index contributed by atoms with van der Waals surface area (Å²) in [5.74, 6) is 0.753. The minimum atomic E-state index is 0. The van der Waals surface area contributed by atoms with Gasteiger partial charge in [-0.2, -0.15) is 0 Å². The quantitative estimate of drug-likeness (QED) is 0.828. The third kappa shape index (κ3) is 4.71. The summed E-state index contributed by atoms with van der Waals surface area (Å²) in [6, 6.07) is 8.38. The molecule has 1 aromatic rings. The first-order valence-electron chi connectivity index (χ1n) is 7.78. The van der Waals surface area contributed by atoms with E-state index in [9.17, 15) is 4.79 Å². The van der Waals surface area contributed by atoms with Gasteiger partial charge in [-0.15, -0.1) is 12.4 Å². The van der Waals surface area contributed by atoms with Crippen LogP contribution >= 0.6 is 28.3 Å². The van der Waals surface area contributed by atoms with Crippen LogP contribution in [0.5, 0.6) is 0 Å². The predicted octanol–water partition coefficient (Wildman–Crippen LogP) is 3.98. The lowest BCUT2D eigenvalue weighted by atomic mass is 9.94. The van der Waals surface area contributed by atoms with E-state index in [1.165, 1.54) is 0 Å². The third-order valence-corrected chi connectivity index (χ3v) is 4.92. The molecule has 1 saturated carbocycles. The second kappa shape index (κ2) is 8.90. The number of amides is 1. The molecule has 124 valence electrons. The topological polar surface area (TPSA) is 46.3 Å². The predicted molar refractivity (Wildman–Crippen MR) is 97.0 cm³/mol. The van der Waals surface area contributed by atoms with Gasteiger partial charge >= 0.3 is 0 Å². The number of nitrogens with zero attached hydrogens (tertiary/aromatic N) is 1. The van der Waals surface area contributed by atoms with Gasteiger partial charge in [0, 0.05) is 23.0 Å². The molecule has 1 fully saturated rings. The van der Waals surface area contributed by atoms with Crippen LogP contribution < -0.4 is 5.73 Å². The molecule has 1 aliphatic rings. The fourth-order valence-corrected chi connectivity index (χ4v) is 3.65. The zero-order valence-corrected chi connectivity index (χ0v) is 15.7. The van der Waals surface area contributed by atoms with Crippen molar-refractivity contribution in [3.8, 4) is 0 Å². The van der Waals surface area contributed by atoms with E-state index in [-0.39, 0.29) is 30.3 Å². The summed E-state index contributed by atoms with van der Waals surface area (Å²) >= 11 is 3.49. The van der Waals surface area contributed by atoms with Gasteiger partial charge in [-0.3, -0.25) is 4.79 Å². The van der Waals surface area contributed by atoms with Gasteiger partial charge in [-0.05, 0) is 56.8 Å². The summed E-state index contributed by atoms with van der Waals surface area (Å²) in [6.45, 7) is 5.47. The molecule has 3 nitrogen and oxygen atoms in total. The molecular weight excluding hydrogens is 364 g/mol. The molecule has 1 aliphatic carbocycles. The fraction of sp³-hybridized carbons (Fsp3) is 0.588. The van der Waals surface area contributed by atoms with Gasteiger partial charge in [0.05, 0.1) is 0 Å². The molecule has 2 atom stereocenters. The molecular formula is C17H26BrClN2O. The maximum Gasteiger partial charge on any atom is 0.226 e. The minimum absolute atomic E-state index is 0. The summed E-state index contributed by atoms with van der Waals surface area (Å²) in [6.07, 6.45) is 3.21. The second-order valence-corrected chi connectivity index (χ2v) is 7.14.